The first kappa shape index (κ1) is 15.7. The van der Waals surface area contributed by atoms with Gasteiger partial charge in [0.1, 0.15) is 5.82 Å². The highest BCUT2D eigenvalue weighted by Crippen LogP contribution is 2.33. The van der Waals surface area contributed by atoms with Crippen molar-refractivity contribution in [1.82, 2.24) is 0 Å². The Hall–Kier alpha value is -3.20. The molecule has 3 rings (SSSR count). The van der Waals surface area contributed by atoms with Crippen LogP contribution in [0.1, 0.15) is 15.9 Å². The van der Waals surface area contributed by atoms with E-state index in [4.69, 9.17) is 0 Å². The fourth-order valence-corrected chi connectivity index (χ4v) is 2.72. The van der Waals surface area contributed by atoms with Crippen LogP contribution >= 0.6 is 0 Å². The van der Waals surface area contributed by atoms with E-state index in [0.29, 0.717) is 16.7 Å². The highest BCUT2D eigenvalue weighted by Gasteiger charge is 2.17. The van der Waals surface area contributed by atoms with Crippen LogP contribution in [0, 0.1) is 5.82 Å². The Labute approximate surface area is 139 Å². The van der Waals surface area contributed by atoms with Crippen molar-refractivity contribution in [3.05, 3.63) is 90.3 Å². The maximum absolute atomic E-state index is 13.2. The Bertz CT molecular complexity index is 897. The summed E-state index contributed by atoms with van der Waals surface area (Å²) in [4.78, 5) is 11.8. The molecular weight excluding hydrogens is 303 g/mol. The molecule has 0 saturated carbocycles. The topological polar surface area (TPSA) is 37.3 Å². The second-order valence-corrected chi connectivity index (χ2v) is 5.37. The quantitative estimate of drug-likeness (QED) is 0.689. The lowest BCUT2D eigenvalue weighted by atomic mass is 9.90. The van der Waals surface area contributed by atoms with Gasteiger partial charge < -0.3 is 5.11 Å². The normalized spacial score (nSPS) is 10.4. The summed E-state index contributed by atoms with van der Waals surface area (Å²) in [5.41, 5.74) is 3.74. The standard InChI is InChI=1S/C21H15FO2/c1-2-14-12-17(15-6-4-3-5-7-15)13-19(20(14)21(23)24)16-8-10-18(22)11-9-16/h2-13H,1H2,(H,23,24). The van der Waals surface area contributed by atoms with Gasteiger partial charge in [0.2, 0.25) is 0 Å². The van der Waals surface area contributed by atoms with Gasteiger partial charge in [-0.1, -0.05) is 55.1 Å². The van der Waals surface area contributed by atoms with E-state index in [2.05, 4.69) is 6.58 Å². The van der Waals surface area contributed by atoms with Crippen LogP contribution in [0.3, 0.4) is 0 Å². The Kier molecular flexibility index (Phi) is 4.25. The smallest absolute Gasteiger partial charge is 0.336 e. The highest BCUT2D eigenvalue weighted by molar-refractivity contribution is 6.01. The van der Waals surface area contributed by atoms with Crippen molar-refractivity contribution in [2.75, 3.05) is 0 Å². The molecule has 0 heterocycles. The van der Waals surface area contributed by atoms with Crippen LogP contribution in [-0.2, 0) is 0 Å². The van der Waals surface area contributed by atoms with Crippen LogP contribution < -0.4 is 0 Å². The molecule has 0 amide bonds. The Balaban J connectivity index is 2.30. The van der Waals surface area contributed by atoms with E-state index in [1.54, 1.807) is 18.2 Å². The minimum atomic E-state index is -1.04. The van der Waals surface area contributed by atoms with E-state index >= 15 is 0 Å². The van der Waals surface area contributed by atoms with Crippen LogP contribution in [0.4, 0.5) is 4.39 Å². The summed E-state index contributed by atoms with van der Waals surface area (Å²) in [5.74, 6) is -1.40. The third kappa shape index (κ3) is 2.97. The largest absolute Gasteiger partial charge is 0.478 e. The van der Waals surface area contributed by atoms with Gasteiger partial charge in [0, 0.05) is 0 Å². The summed E-state index contributed by atoms with van der Waals surface area (Å²) in [6.45, 7) is 3.73. The molecule has 0 aliphatic heterocycles. The number of benzene rings is 3. The van der Waals surface area contributed by atoms with Crippen LogP contribution in [0.2, 0.25) is 0 Å². The molecule has 3 heteroatoms. The van der Waals surface area contributed by atoms with Crippen LogP contribution in [-0.4, -0.2) is 11.1 Å². The molecule has 0 aromatic heterocycles. The summed E-state index contributed by atoms with van der Waals surface area (Å²) in [6, 6.07) is 19.1. The summed E-state index contributed by atoms with van der Waals surface area (Å²) in [7, 11) is 0. The van der Waals surface area contributed by atoms with E-state index in [1.807, 2.05) is 36.4 Å². The van der Waals surface area contributed by atoms with Crippen molar-refractivity contribution in [2.45, 2.75) is 0 Å². The summed E-state index contributed by atoms with van der Waals surface area (Å²) >= 11 is 0. The molecular formula is C21H15FO2. The number of rotatable bonds is 4. The van der Waals surface area contributed by atoms with Crippen molar-refractivity contribution in [3.63, 3.8) is 0 Å². The van der Waals surface area contributed by atoms with Gasteiger partial charge in [-0.25, -0.2) is 9.18 Å². The minimum Gasteiger partial charge on any atom is -0.478 e. The first-order valence-electron chi connectivity index (χ1n) is 7.45. The van der Waals surface area contributed by atoms with Gasteiger partial charge in [0.25, 0.3) is 0 Å². The van der Waals surface area contributed by atoms with Crippen molar-refractivity contribution in [1.29, 1.82) is 0 Å². The molecule has 0 bridgehead atoms. The van der Waals surface area contributed by atoms with E-state index in [9.17, 15) is 14.3 Å². The molecule has 0 aliphatic carbocycles. The first-order chi connectivity index (χ1) is 11.6. The molecule has 0 spiro atoms. The molecule has 0 atom stereocenters. The summed E-state index contributed by atoms with van der Waals surface area (Å²) < 4.78 is 13.2. The number of carboxylic acid groups (broad SMARTS) is 1. The molecule has 0 saturated heterocycles. The highest BCUT2D eigenvalue weighted by atomic mass is 19.1. The third-order valence-corrected chi connectivity index (χ3v) is 3.86. The molecule has 0 aliphatic rings. The molecule has 2 nitrogen and oxygen atoms in total. The lowest BCUT2D eigenvalue weighted by Gasteiger charge is -2.13. The fourth-order valence-electron chi connectivity index (χ4n) is 2.72. The number of aromatic carboxylic acids is 1. The van der Waals surface area contributed by atoms with E-state index in [-0.39, 0.29) is 11.4 Å². The molecule has 24 heavy (non-hydrogen) atoms. The van der Waals surface area contributed by atoms with Gasteiger partial charge in [-0.15, -0.1) is 0 Å². The van der Waals surface area contributed by atoms with Crippen LogP contribution in [0.5, 0.6) is 0 Å². The molecule has 118 valence electrons. The molecule has 3 aromatic rings. The number of carboxylic acids is 1. The zero-order chi connectivity index (χ0) is 17.1. The van der Waals surface area contributed by atoms with E-state index in [1.165, 1.54) is 18.2 Å². The Morgan fingerprint density at radius 2 is 1.58 bits per heavy atom. The number of hydrogen-bond acceptors (Lipinski definition) is 1. The van der Waals surface area contributed by atoms with Crippen LogP contribution in [0.25, 0.3) is 28.3 Å². The second-order valence-electron chi connectivity index (χ2n) is 5.37. The zero-order valence-corrected chi connectivity index (χ0v) is 12.9. The van der Waals surface area contributed by atoms with Crippen LogP contribution in [0.15, 0.2) is 73.3 Å². The molecule has 3 aromatic carbocycles. The average Bonchev–Trinajstić information content (AvgIpc) is 2.61. The summed E-state index contributed by atoms with van der Waals surface area (Å²) in [6.07, 6.45) is 1.53. The lowest BCUT2D eigenvalue weighted by Crippen LogP contribution is -2.03. The average molecular weight is 318 g/mol. The predicted octanol–water partition coefficient (Wildman–Crippen LogP) is 5.50. The van der Waals surface area contributed by atoms with Crippen molar-refractivity contribution >= 4 is 12.0 Å². The SMILES string of the molecule is C=Cc1cc(-c2ccccc2)cc(-c2ccc(F)cc2)c1C(=O)O. The van der Waals surface area contributed by atoms with E-state index in [0.717, 1.165) is 11.1 Å². The maximum Gasteiger partial charge on any atom is 0.336 e. The lowest BCUT2D eigenvalue weighted by molar-refractivity contribution is 0.0697. The van der Waals surface area contributed by atoms with E-state index < -0.39 is 5.97 Å². The van der Waals surface area contributed by atoms with Crippen molar-refractivity contribution in [2.24, 2.45) is 0 Å². The van der Waals surface area contributed by atoms with Gasteiger partial charge in [-0.2, -0.15) is 0 Å². The molecule has 0 fully saturated rings. The van der Waals surface area contributed by atoms with Gasteiger partial charge >= 0.3 is 5.97 Å². The zero-order valence-electron chi connectivity index (χ0n) is 12.9. The molecule has 0 unspecified atom stereocenters. The monoisotopic (exact) mass is 318 g/mol. The molecule has 0 radical (unpaired) electrons. The number of halogens is 1. The fraction of sp³-hybridized carbons (Fsp3) is 0. The van der Waals surface area contributed by atoms with Crippen molar-refractivity contribution in [3.8, 4) is 22.3 Å². The van der Waals surface area contributed by atoms with Gasteiger partial charge in [-0.05, 0) is 52.1 Å². The second kappa shape index (κ2) is 6.50. The summed E-state index contributed by atoms with van der Waals surface area (Å²) in [5, 5.41) is 9.63. The maximum atomic E-state index is 13.2. The number of hydrogen-bond donors (Lipinski definition) is 1. The van der Waals surface area contributed by atoms with Gasteiger partial charge in [0.15, 0.2) is 0 Å². The number of carbonyl (C=O) groups is 1. The minimum absolute atomic E-state index is 0.163. The predicted molar refractivity (Wildman–Crippen MR) is 94.3 cm³/mol. The first-order valence-corrected chi connectivity index (χ1v) is 7.45. The van der Waals surface area contributed by atoms with Gasteiger partial charge in [0.05, 0.1) is 5.56 Å². The van der Waals surface area contributed by atoms with Crippen molar-refractivity contribution < 1.29 is 14.3 Å². The van der Waals surface area contributed by atoms with Gasteiger partial charge in [-0.3, -0.25) is 0 Å². The molecule has 1 N–H and O–H groups in total. The third-order valence-electron chi connectivity index (χ3n) is 3.86. The Morgan fingerprint density at radius 3 is 2.17 bits per heavy atom. The Morgan fingerprint density at radius 1 is 0.917 bits per heavy atom.